The van der Waals surface area contributed by atoms with Crippen molar-refractivity contribution in [1.82, 2.24) is 24.9 Å². The number of rotatable bonds is 4. The monoisotopic (exact) mass is 637 g/mol. The van der Waals surface area contributed by atoms with Crippen LogP contribution in [0.3, 0.4) is 0 Å². The average molecular weight is 638 g/mol. The molecule has 0 spiro atoms. The van der Waals surface area contributed by atoms with E-state index in [4.69, 9.17) is 15.0 Å². The molecule has 5 aromatic carbocycles. The number of fused-ring (bicyclic) bond motifs is 7. The highest BCUT2D eigenvalue weighted by atomic mass is 14.8. The first-order valence-corrected chi connectivity index (χ1v) is 16.7. The van der Waals surface area contributed by atoms with Crippen LogP contribution in [-0.4, -0.2) is 24.9 Å². The van der Waals surface area contributed by atoms with Crippen LogP contribution in [0.5, 0.6) is 0 Å². The maximum Gasteiger partial charge on any atom is 0.0978 e. The average Bonchev–Trinajstić information content (AvgIpc) is 3.20. The van der Waals surface area contributed by atoms with Crippen LogP contribution < -0.4 is 0 Å². The minimum absolute atomic E-state index is 0.815. The van der Waals surface area contributed by atoms with Crippen molar-refractivity contribution in [3.05, 3.63) is 164 Å². The van der Waals surface area contributed by atoms with Crippen molar-refractivity contribution in [2.24, 2.45) is 0 Å². The predicted molar refractivity (Wildman–Crippen MR) is 205 cm³/mol. The Morgan fingerprint density at radius 2 is 0.940 bits per heavy atom. The Morgan fingerprint density at radius 1 is 0.320 bits per heavy atom. The first-order valence-electron chi connectivity index (χ1n) is 16.7. The Labute approximate surface area is 287 Å². The molecule has 5 heterocycles. The van der Waals surface area contributed by atoms with Gasteiger partial charge in [0.05, 0.1) is 39.3 Å². The number of nitrogens with zero attached hydrogens (tertiary/aromatic N) is 5. The first kappa shape index (κ1) is 28.2. The number of pyridine rings is 5. The largest absolute Gasteiger partial charge is 0.255 e. The second-order valence-electron chi connectivity index (χ2n) is 12.5. The molecular formula is C45H27N5. The van der Waals surface area contributed by atoms with Gasteiger partial charge in [0.1, 0.15) is 0 Å². The van der Waals surface area contributed by atoms with E-state index in [0.717, 1.165) is 72.2 Å². The molecule has 0 fully saturated rings. The summed E-state index contributed by atoms with van der Waals surface area (Å²) >= 11 is 0. The SMILES string of the molecule is c1ccc(-c2cc(-c3ccc4c(ccc5cc(-c6c7ccccc7nc7c6ccc6cccnc67)ccc54)c3)cc(-c3ccccn3)n2)nc1. The van der Waals surface area contributed by atoms with Gasteiger partial charge in [0, 0.05) is 40.3 Å². The molecule has 5 aromatic heterocycles. The molecule has 0 radical (unpaired) electrons. The van der Waals surface area contributed by atoms with Crippen molar-refractivity contribution >= 4 is 54.3 Å². The zero-order chi connectivity index (χ0) is 33.0. The molecule has 5 heteroatoms. The normalized spacial score (nSPS) is 11.6. The van der Waals surface area contributed by atoms with Gasteiger partial charge >= 0.3 is 0 Å². The highest BCUT2D eigenvalue weighted by molar-refractivity contribution is 6.17. The minimum atomic E-state index is 0.815. The van der Waals surface area contributed by atoms with E-state index in [1.165, 1.54) is 27.1 Å². The highest BCUT2D eigenvalue weighted by Crippen LogP contribution is 2.39. The number of aromatic nitrogens is 5. The summed E-state index contributed by atoms with van der Waals surface area (Å²) in [6.07, 6.45) is 5.45. The molecule has 5 nitrogen and oxygen atoms in total. The fraction of sp³-hybridized carbons (Fsp3) is 0. The number of para-hydroxylation sites is 1. The number of hydrogen-bond donors (Lipinski definition) is 0. The van der Waals surface area contributed by atoms with E-state index in [1.807, 2.05) is 48.7 Å². The Hall–Kier alpha value is -6.85. The van der Waals surface area contributed by atoms with E-state index in [9.17, 15) is 0 Å². The van der Waals surface area contributed by atoms with Crippen molar-refractivity contribution in [1.29, 1.82) is 0 Å². The molecule has 0 amide bonds. The molecular weight excluding hydrogens is 611 g/mol. The maximum absolute atomic E-state index is 5.10. The summed E-state index contributed by atoms with van der Waals surface area (Å²) in [5, 5.41) is 8.11. The lowest BCUT2D eigenvalue weighted by molar-refractivity contribution is 1.22. The molecule has 10 rings (SSSR count). The third-order valence-corrected chi connectivity index (χ3v) is 9.56. The molecule has 0 aliphatic heterocycles. The van der Waals surface area contributed by atoms with E-state index < -0.39 is 0 Å². The quantitative estimate of drug-likeness (QED) is 0.142. The van der Waals surface area contributed by atoms with Crippen LogP contribution in [0, 0.1) is 0 Å². The minimum Gasteiger partial charge on any atom is -0.255 e. The molecule has 0 aliphatic rings. The van der Waals surface area contributed by atoms with E-state index in [1.54, 1.807) is 12.4 Å². The van der Waals surface area contributed by atoms with Crippen molar-refractivity contribution in [2.75, 3.05) is 0 Å². The summed E-state index contributed by atoms with van der Waals surface area (Å²) in [4.78, 5) is 24.0. The fourth-order valence-electron chi connectivity index (χ4n) is 7.20. The van der Waals surface area contributed by atoms with Crippen LogP contribution in [-0.2, 0) is 0 Å². The summed E-state index contributed by atoms with van der Waals surface area (Å²) < 4.78 is 0. The molecule has 50 heavy (non-hydrogen) atoms. The van der Waals surface area contributed by atoms with Gasteiger partial charge in [0.15, 0.2) is 0 Å². The second-order valence-corrected chi connectivity index (χ2v) is 12.5. The Bertz CT molecular complexity index is 2860. The lowest BCUT2D eigenvalue weighted by atomic mass is 9.92. The van der Waals surface area contributed by atoms with Crippen LogP contribution in [0.2, 0.25) is 0 Å². The van der Waals surface area contributed by atoms with Gasteiger partial charge in [-0.05, 0) is 98.9 Å². The third kappa shape index (κ3) is 4.67. The fourth-order valence-corrected chi connectivity index (χ4v) is 7.20. The van der Waals surface area contributed by atoms with Gasteiger partial charge in [-0.2, -0.15) is 0 Å². The summed E-state index contributed by atoms with van der Waals surface area (Å²) in [6, 6.07) is 50.9. The molecule has 0 saturated heterocycles. The van der Waals surface area contributed by atoms with Crippen LogP contribution in [0.4, 0.5) is 0 Å². The molecule has 0 bridgehead atoms. The van der Waals surface area contributed by atoms with E-state index in [0.29, 0.717) is 0 Å². The van der Waals surface area contributed by atoms with Crippen molar-refractivity contribution in [3.63, 3.8) is 0 Å². The van der Waals surface area contributed by atoms with E-state index >= 15 is 0 Å². The number of benzene rings is 5. The molecule has 0 saturated carbocycles. The van der Waals surface area contributed by atoms with Gasteiger partial charge < -0.3 is 0 Å². The van der Waals surface area contributed by atoms with E-state index in [-0.39, 0.29) is 0 Å². The summed E-state index contributed by atoms with van der Waals surface area (Å²) in [5.41, 5.74) is 10.6. The maximum atomic E-state index is 5.10. The van der Waals surface area contributed by atoms with E-state index in [2.05, 4.69) is 113 Å². The zero-order valence-electron chi connectivity index (χ0n) is 26.8. The zero-order valence-corrected chi connectivity index (χ0v) is 26.8. The van der Waals surface area contributed by atoms with Gasteiger partial charge in [-0.1, -0.05) is 84.9 Å². The third-order valence-electron chi connectivity index (χ3n) is 9.56. The molecule has 0 N–H and O–H groups in total. The Morgan fingerprint density at radius 3 is 1.66 bits per heavy atom. The first-order chi connectivity index (χ1) is 24.8. The van der Waals surface area contributed by atoms with Crippen LogP contribution in [0.1, 0.15) is 0 Å². The lowest BCUT2D eigenvalue weighted by Gasteiger charge is -2.14. The van der Waals surface area contributed by atoms with Gasteiger partial charge in [0.2, 0.25) is 0 Å². The van der Waals surface area contributed by atoms with Crippen LogP contribution in [0.25, 0.3) is 99.3 Å². The van der Waals surface area contributed by atoms with Gasteiger partial charge in [-0.25, -0.2) is 9.97 Å². The van der Waals surface area contributed by atoms with Crippen molar-refractivity contribution < 1.29 is 0 Å². The Kier molecular flexibility index (Phi) is 6.42. The van der Waals surface area contributed by atoms with Gasteiger partial charge in [0.25, 0.3) is 0 Å². The topological polar surface area (TPSA) is 64.5 Å². The molecule has 0 aliphatic carbocycles. The molecule has 10 aromatic rings. The molecule has 0 unspecified atom stereocenters. The molecule has 0 atom stereocenters. The standard InChI is InChI=1S/C45H27N5/c1-2-10-38-36(9-1)43(37-20-15-28-8-7-23-48-44(28)45(37)50-38)32-17-19-35-31(25-32)14-13-30-24-29(16-18-34(30)35)33-26-41(39-11-3-5-21-46-39)49-42(27-33)40-12-4-6-22-47-40/h1-27H. The van der Waals surface area contributed by atoms with Crippen molar-refractivity contribution in [2.45, 2.75) is 0 Å². The smallest absolute Gasteiger partial charge is 0.0978 e. The highest BCUT2D eigenvalue weighted by Gasteiger charge is 2.16. The Balaban J connectivity index is 1.12. The number of hydrogen-bond acceptors (Lipinski definition) is 5. The van der Waals surface area contributed by atoms with Crippen LogP contribution in [0.15, 0.2) is 164 Å². The predicted octanol–water partition coefficient (Wildman–Crippen LogP) is 11.1. The summed E-state index contributed by atoms with van der Waals surface area (Å²) in [5.74, 6) is 0. The second kappa shape index (κ2) is 11.4. The van der Waals surface area contributed by atoms with Gasteiger partial charge in [-0.3, -0.25) is 15.0 Å². The summed E-state index contributed by atoms with van der Waals surface area (Å²) in [7, 11) is 0. The lowest BCUT2D eigenvalue weighted by Crippen LogP contribution is -1.94. The van der Waals surface area contributed by atoms with Crippen LogP contribution >= 0.6 is 0 Å². The van der Waals surface area contributed by atoms with Crippen molar-refractivity contribution in [3.8, 4) is 45.0 Å². The van der Waals surface area contributed by atoms with Gasteiger partial charge in [-0.15, -0.1) is 0 Å². The molecule has 232 valence electrons. The summed E-state index contributed by atoms with van der Waals surface area (Å²) in [6.45, 7) is 0.